The number of carbonyl (C=O) groups excluding carboxylic acids is 1. The molecule has 0 radical (unpaired) electrons. The highest BCUT2D eigenvalue weighted by Gasteiger charge is 2.22. The summed E-state index contributed by atoms with van der Waals surface area (Å²) in [7, 11) is 4.29. The van der Waals surface area contributed by atoms with Crippen LogP contribution in [0.5, 0.6) is 23.1 Å². The summed E-state index contributed by atoms with van der Waals surface area (Å²) < 4.78 is 48.0. The number of H-pyrrole nitrogens is 1. The zero-order chi connectivity index (χ0) is 28.8. The number of halogens is 2. The fourth-order valence-electron chi connectivity index (χ4n) is 3.85. The molecule has 0 fully saturated rings. The minimum atomic E-state index is -0.619. The van der Waals surface area contributed by atoms with E-state index in [1.807, 2.05) is 0 Å². The Bertz CT molecular complexity index is 1590. The van der Waals surface area contributed by atoms with Crippen LogP contribution in [0, 0.1) is 5.82 Å². The van der Waals surface area contributed by atoms with Crippen molar-refractivity contribution < 1.29 is 37.6 Å². The zero-order valence-electron chi connectivity index (χ0n) is 22.1. The number of aromatic nitrogens is 4. The number of nitrogens with zero attached hydrogens (tertiary/aromatic N) is 3. The molecule has 2 aromatic carbocycles. The van der Waals surface area contributed by atoms with Crippen molar-refractivity contribution in [2.45, 2.75) is 20.1 Å². The van der Waals surface area contributed by atoms with Gasteiger partial charge in [-0.1, -0.05) is 17.7 Å². The molecular formula is C26H26ClFN4O8. The summed E-state index contributed by atoms with van der Waals surface area (Å²) in [6.45, 7) is 1.16. The predicted octanol–water partition coefficient (Wildman–Crippen LogP) is 3.59. The Kier molecular flexibility index (Phi) is 9.07. The molecule has 0 saturated heterocycles. The van der Waals surface area contributed by atoms with E-state index < -0.39 is 24.1 Å². The molecule has 0 atom stereocenters. The first-order chi connectivity index (χ1) is 19.3. The number of ether oxygens (including phenoxy) is 6. The highest BCUT2D eigenvalue weighted by Crippen LogP contribution is 2.37. The second kappa shape index (κ2) is 12.7. The normalized spacial score (nSPS) is 10.9. The second-order valence-corrected chi connectivity index (χ2v) is 8.51. The molecule has 1 N–H and O–H groups in total. The van der Waals surface area contributed by atoms with Crippen LogP contribution in [0.15, 0.2) is 35.1 Å². The van der Waals surface area contributed by atoms with Gasteiger partial charge in [-0.05, 0) is 19.1 Å². The summed E-state index contributed by atoms with van der Waals surface area (Å²) in [6, 6.07) is 7.13. The van der Waals surface area contributed by atoms with Gasteiger partial charge in [-0.2, -0.15) is 4.98 Å². The van der Waals surface area contributed by atoms with Crippen molar-refractivity contribution in [3.05, 3.63) is 63.0 Å². The van der Waals surface area contributed by atoms with Crippen LogP contribution in [0.2, 0.25) is 5.02 Å². The number of benzene rings is 2. The van der Waals surface area contributed by atoms with Gasteiger partial charge in [0.2, 0.25) is 5.88 Å². The highest BCUT2D eigenvalue weighted by atomic mass is 35.5. The summed E-state index contributed by atoms with van der Waals surface area (Å²) in [5.41, 5.74) is 0.0862. The molecule has 212 valence electrons. The largest absolute Gasteiger partial charge is 0.496 e. The Balaban J connectivity index is 1.83. The molecule has 14 heteroatoms. The molecule has 0 unspecified atom stereocenters. The van der Waals surface area contributed by atoms with E-state index in [9.17, 15) is 14.0 Å². The number of imidazole rings is 1. The van der Waals surface area contributed by atoms with Gasteiger partial charge in [-0.25, -0.2) is 23.5 Å². The van der Waals surface area contributed by atoms with E-state index in [0.717, 1.165) is 0 Å². The summed E-state index contributed by atoms with van der Waals surface area (Å²) in [6.07, 6.45) is 0. The van der Waals surface area contributed by atoms with Crippen molar-refractivity contribution in [2.24, 2.45) is 0 Å². The van der Waals surface area contributed by atoms with Crippen molar-refractivity contribution in [1.82, 2.24) is 19.5 Å². The van der Waals surface area contributed by atoms with E-state index in [0.29, 0.717) is 0 Å². The summed E-state index contributed by atoms with van der Waals surface area (Å²) in [4.78, 5) is 36.4. The molecule has 12 nitrogen and oxygen atoms in total. The Hall–Kier alpha value is -4.36. The van der Waals surface area contributed by atoms with Crippen LogP contribution in [0.25, 0.3) is 16.9 Å². The number of methoxy groups -OCH3 is 3. The number of hydrogen-bond acceptors (Lipinski definition) is 10. The Morgan fingerprint density at radius 2 is 1.82 bits per heavy atom. The van der Waals surface area contributed by atoms with Gasteiger partial charge in [0, 0.05) is 19.2 Å². The van der Waals surface area contributed by atoms with E-state index in [4.69, 9.17) is 40.0 Å². The highest BCUT2D eigenvalue weighted by molar-refractivity contribution is 6.32. The number of fused-ring (bicyclic) bond motifs is 1. The van der Waals surface area contributed by atoms with Gasteiger partial charge in [0.25, 0.3) is 0 Å². The fourth-order valence-corrected chi connectivity index (χ4v) is 4.09. The second-order valence-electron chi connectivity index (χ2n) is 8.10. The third-order valence-electron chi connectivity index (χ3n) is 5.59. The Morgan fingerprint density at radius 3 is 2.52 bits per heavy atom. The maximum absolute atomic E-state index is 14.6. The number of nitrogens with one attached hydrogen (secondary N) is 1. The van der Waals surface area contributed by atoms with Gasteiger partial charge in [0.15, 0.2) is 29.6 Å². The van der Waals surface area contributed by atoms with E-state index >= 15 is 0 Å². The van der Waals surface area contributed by atoms with Gasteiger partial charge in [-0.15, -0.1) is 0 Å². The first kappa shape index (κ1) is 28.6. The third-order valence-corrected chi connectivity index (χ3v) is 5.89. The Labute approximate surface area is 232 Å². The van der Waals surface area contributed by atoms with E-state index in [1.54, 1.807) is 13.0 Å². The average Bonchev–Trinajstić information content (AvgIpc) is 3.27. The lowest BCUT2D eigenvalue weighted by Crippen LogP contribution is -2.17. The quantitative estimate of drug-likeness (QED) is 0.249. The van der Waals surface area contributed by atoms with Gasteiger partial charge < -0.3 is 28.4 Å². The molecular weight excluding hydrogens is 551 g/mol. The van der Waals surface area contributed by atoms with Crippen molar-refractivity contribution in [1.29, 1.82) is 0 Å². The van der Waals surface area contributed by atoms with Crippen LogP contribution in [0.3, 0.4) is 0 Å². The van der Waals surface area contributed by atoms with Crippen LogP contribution >= 0.6 is 11.6 Å². The molecule has 0 aliphatic carbocycles. The molecule has 0 spiro atoms. The first-order valence-electron chi connectivity index (χ1n) is 11.9. The zero-order valence-corrected chi connectivity index (χ0v) is 22.8. The number of carbonyl (C=O) groups is 1. The molecule has 0 bridgehead atoms. The molecule has 40 heavy (non-hydrogen) atoms. The molecule has 2 heterocycles. The van der Waals surface area contributed by atoms with Crippen LogP contribution in [0.1, 0.15) is 18.3 Å². The number of rotatable bonds is 12. The van der Waals surface area contributed by atoms with Crippen molar-refractivity contribution >= 4 is 28.7 Å². The maximum Gasteiger partial charge on any atom is 0.344 e. The van der Waals surface area contributed by atoms with Crippen molar-refractivity contribution in [3.8, 4) is 28.8 Å². The van der Waals surface area contributed by atoms with Gasteiger partial charge >= 0.3 is 11.7 Å². The topological polar surface area (TPSA) is 136 Å². The minimum absolute atomic E-state index is 0.0494. The fraction of sp³-hybridized carbons (Fsp3) is 0.308. The molecule has 0 aliphatic heterocycles. The molecule has 4 rings (SSSR count). The number of aromatic amines is 1. The maximum atomic E-state index is 14.6. The lowest BCUT2D eigenvalue weighted by atomic mass is 10.2. The molecule has 2 aromatic heterocycles. The summed E-state index contributed by atoms with van der Waals surface area (Å²) >= 11 is 6.60. The SMILES string of the molecule is CCOC(=O)COc1cc(Cl)c(-n2c(=O)[nH]c3c(OC)nc(COC)nc32)cc1OCc1c(F)cccc1OC. The third kappa shape index (κ3) is 5.95. The van der Waals surface area contributed by atoms with E-state index in [2.05, 4.69) is 15.0 Å². The number of hydrogen-bond donors (Lipinski definition) is 1. The van der Waals surface area contributed by atoms with E-state index in [1.165, 1.54) is 50.2 Å². The van der Waals surface area contributed by atoms with Crippen molar-refractivity contribution in [2.75, 3.05) is 34.5 Å². The van der Waals surface area contributed by atoms with Gasteiger partial charge in [0.1, 0.15) is 30.3 Å². The van der Waals surface area contributed by atoms with Crippen LogP contribution in [-0.4, -0.2) is 60.0 Å². The smallest absolute Gasteiger partial charge is 0.344 e. The minimum Gasteiger partial charge on any atom is -0.496 e. The van der Waals surface area contributed by atoms with Crippen LogP contribution in [0.4, 0.5) is 4.39 Å². The van der Waals surface area contributed by atoms with Crippen LogP contribution in [-0.2, 0) is 27.5 Å². The standard InChI is InChI=1S/C26H26ClFN4O8/c1-5-38-22(33)13-40-19-9-15(27)17(10-20(19)39-11-14-16(28)7-6-8-18(14)36-3)32-24-23(31-26(32)34)25(37-4)30-21(29-24)12-35-2/h6-10H,5,11-13H2,1-4H3,(H,31,34). The first-order valence-corrected chi connectivity index (χ1v) is 12.3. The average molecular weight is 577 g/mol. The monoisotopic (exact) mass is 576 g/mol. The lowest BCUT2D eigenvalue weighted by Gasteiger charge is -2.17. The molecule has 0 saturated carbocycles. The van der Waals surface area contributed by atoms with E-state index in [-0.39, 0.29) is 76.2 Å². The van der Waals surface area contributed by atoms with Gasteiger partial charge in [-0.3, -0.25) is 4.98 Å². The Morgan fingerprint density at radius 1 is 1.05 bits per heavy atom. The molecule has 0 aliphatic rings. The lowest BCUT2D eigenvalue weighted by molar-refractivity contribution is -0.145. The summed E-state index contributed by atoms with van der Waals surface area (Å²) in [5.74, 6) is -0.414. The molecule has 0 amide bonds. The van der Waals surface area contributed by atoms with Crippen molar-refractivity contribution in [3.63, 3.8) is 0 Å². The summed E-state index contributed by atoms with van der Waals surface area (Å²) in [5, 5.41) is 0.0588. The van der Waals surface area contributed by atoms with Gasteiger partial charge in [0.05, 0.1) is 37.1 Å². The predicted molar refractivity (Wildman–Crippen MR) is 141 cm³/mol. The molecule has 4 aromatic rings. The van der Waals surface area contributed by atoms with Crippen LogP contribution < -0.4 is 24.6 Å². The number of esters is 1.